The zero-order chi connectivity index (χ0) is 14.5. The minimum absolute atomic E-state index is 0.289. The number of rotatable bonds is 4. The Morgan fingerprint density at radius 3 is 2.33 bits per heavy atom. The third-order valence-electron chi connectivity index (χ3n) is 4.93. The van der Waals surface area contributed by atoms with Crippen LogP contribution >= 0.6 is 0 Å². The fraction of sp³-hybridized carbons (Fsp3) is 0.765. The third-order valence-corrected chi connectivity index (χ3v) is 4.93. The van der Waals surface area contributed by atoms with Crippen molar-refractivity contribution in [2.24, 2.45) is 0 Å². The van der Waals surface area contributed by atoms with Crippen molar-refractivity contribution in [3.63, 3.8) is 0 Å². The van der Waals surface area contributed by atoms with E-state index in [-0.39, 0.29) is 6.10 Å². The molecule has 1 aliphatic carbocycles. The first kappa shape index (κ1) is 14.8. The van der Waals surface area contributed by atoms with E-state index in [0.29, 0.717) is 6.01 Å². The van der Waals surface area contributed by atoms with E-state index in [1.54, 1.807) is 0 Å². The molecule has 0 amide bonds. The molecule has 2 aliphatic rings. The van der Waals surface area contributed by atoms with E-state index < -0.39 is 0 Å². The first-order chi connectivity index (χ1) is 10.3. The Kier molecular flexibility index (Phi) is 5.07. The standard InChI is InChI=1S/C17H27N3O/c1-2-14-12-18-17(19-13-14)21-16-8-10-20(11-9-16)15-6-4-3-5-7-15/h12-13,15-16H,2-11H2,1H3. The Hall–Kier alpha value is -1.16. The van der Waals surface area contributed by atoms with Gasteiger partial charge in [-0.05, 0) is 37.7 Å². The highest BCUT2D eigenvalue weighted by atomic mass is 16.5. The van der Waals surface area contributed by atoms with Crippen LogP contribution in [0.2, 0.25) is 0 Å². The molecule has 0 bridgehead atoms. The largest absolute Gasteiger partial charge is 0.460 e. The van der Waals surface area contributed by atoms with Gasteiger partial charge in [0.15, 0.2) is 0 Å². The van der Waals surface area contributed by atoms with Crippen LogP contribution in [0.4, 0.5) is 0 Å². The molecule has 0 radical (unpaired) electrons. The molecular formula is C17H27N3O. The van der Waals surface area contributed by atoms with Crippen LogP contribution in [0.1, 0.15) is 57.4 Å². The van der Waals surface area contributed by atoms with E-state index in [1.165, 1.54) is 45.2 Å². The topological polar surface area (TPSA) is 38.2 Å². The Balaban J connectivity index is 1.46. The van der Waals surface area contributed by atoms with E-state index in [4.69, 9.17) is 4.74 Å². The van der Waals surface area contributed by atoms with Crippen molar-refractivity contribution < 1.29 is 4.74 Å². The van der Waals surface area contributed by atoms with Gasteiger partial charge in [0.05, 0.1) is 0 Å². The van der Waals surface area contributed by atoms with Crippen LogP contribution in [0.3, 0.4) is 0 Å². The van der Waals surface area contributed by atoms with Gasteiger partial charge in [0.1, 0.15) is 6.10 Å². The summed E-state index contributed by atoms with van der Waals surface area (Å²) in [4.78, 5) is 11.3. The number of aromatic nitrogens is 2. The van der Waals surface area contributed by atoms with E-state index in [0.717, 1.165) is 30.9 Å². The summed E-state index contributed by atoms with van der Waals surface area (Å²) in [5, 5.41) is 0. The monoisotopic (exact) mass is 289 g/mol. The Labute approximate surface area is 127 Å². The molecule has 1 saturated carbocycles. The van der Waals surface area contributed by atoms with E-state index >= 15 is 0 Å². The van der Waals surface area contributed by atoms with Gasteiger partial charge >= 0.3 is 6.01 Å². The maximum absolute atomic E-state index is 5.94. The van der Waals surface area contributed by atoms with Crippen LogP contribution in [0.25, 0.3) is 0 Å². The van der Waals surface area contributed by atoms with Gasteiger partial charge in [-0.25, -0.2) is 9.97 Å². The molecule has 4 heteroatoms. The van der Waals surface area contributed by atoms with Crippen LogP contribution in [-0.2, 0) is 6.42 Å². The van der Waals surface area contributed by atoms with E-state index in [9.17, 15) is 0 Å². The lowest BCUT2D eigenvalue weighted by molar-refractivity contribution is 0.0583. The quantitative estimate of drug-likeness (QED) is 0.853. The van der Waals surface area contributed by atoms with Crippen molar-refractivity contribution in [1.29, 1.82) is 0 Å². The SMILES string of the molecule is CCc1cnc(OC2CCN(C3CCCCC3)CC2)nc1. The fourth-order valence-corrected chi connectivity index (χ4v) is 3.54. The molecule has 1 aliphatic heterocycles. The van der Waals surface area contributed by atoms with Crippen LogP contribution in [0.15, 0.2) is 12.4 Å². The second-order valence-electron chi connectivity index (χ2n) is 6.37. The predicted octanol–water partition coefficient (Wildman–Crippen LogP) is 3.21. The van der Waals surface area contributed by atoms with Crippen molar-refractivity contribution in [3.05, 3.63) is 18.0 Å². The number of ether oxygens (including phenoxy) is 1. The molecule has 116 valence electrons. The van der Waals surface area contributed by atoms with Gasteiger partial charge in [0, 0.05) is 31.5 Å². The summed E-state index contributed by atoms with van der Waals surface area (Å²) in [5.41, 5.74) is 1.16. The van der Waals surface area contributed by atoms with E-state index in [2.05, 4.69) is 21.8 Å². The number of hydrogen-bond donors (Lipinski definition) is 0. The van der Waals surface area contributed by atoms with E-state index in [1.807, 2.05) is 12.4 Å². The number of hydrogen-bond acceptors (Lipinski definition) is 4. The van der Waals surface area contributed by atoms with Crippen molar-refractivity contribution in [2.45, 2.75) is 70.4 Å². The summed E-state index contributed by atoms with van der Waals surface area (Å²) >= 11 is 0. The molecule has 1 saturated heterocycles. The predicted molar refractivity (Wildman–Crippen MR) is 83.5 cm³/mol. The van der Waals surface area contributed by atoms with Crippen molar-refractivity contribution >= 4 is 0 Å². The molecule has 2 heterocycles. The Bertz CT molecular complexity index is 420. The maximum Gasteiger partial charge on any atom is 0.316 e. The summed E-state index contributed by atoms with van der Waals surface area (Å²) < 4.78 is 5.94. The second-order valence-corrected chi connectivity index (χ2v) is 6.37. The number of nitrogens with zero attached hydrogens (tertiary/aromatic N) is 3. The lowest BCUT2D eigenvalue weighted by Gasteiger charge is -2.39. The summed E-state index contributed by atoms with van der Waals surface area (Å²) in [7, 11) is 0. The van der Waals surface area contributed by atoms with Gasteiger partial charge in [-0.15, -0.1) is 0 Å². The molecule has 0 spiro atoms. The lowest BCUT2D eigenvalue weighted by atomic mass is 9.92. The molecular weight excluding hydrogens is 262 g/mol. The van der Waals surface area contributed by atoms with Gasteiger partial charge < -0.3 is 9.64 Å². The van der Waals surface area contributed by atoms with Crippen LogP contribution < -0.4 is 4.74 Å². The van der Waals surface area contributed by atoms with Gasteiger partial charge in [-0.1, -0.05) is 26.2 Å². The fourth-order valence-electron chi connectivity index (χ4n) is 3.54. The molecule has 0 aromatic carbocycles. The molecule has 0 atom stereocenters. The van der Waals surface area contributed by atoms with Gasteiger partial charge in [-0.2, -0.15) is 0 Å². The molecule has 3 rings (SSSR count). The van der Waals surface area contributed by atoms with Crippen LogP contribution in [-0.4, -0.2) is 40.1 Å². The number of piperidine rings is 1. The Morgan fingerprint density at radius 2 is 1.71 bits per heavy atom. The highest BCUT2D eigenvalue weighted by Crippen LogP contribution is 2.26. The number of likely N-dealkylation sites (tertiary alicyclic amines) is 1. The highest BCUT2D eigenvalue weighted by molar-refractivity contribution is 5.07. The average Bonchev–Trinajstić information content (AvgIpc) is 2.57. The average molecular weight is 289 g/mol. The Morgan fingerprint density at radius 1 is 1.05 bits per heavy atom. The molecule has 0 unspecified atom stereocenters. The summed E-state index contributed by atoms with van der Waals surface area (Å²) in [6.45, 7) is 4.45. The van der Waals surface area contributed by atoms with Crippen molar-refractivity contribution in [2.75, 3.05) is 13.1 Å². The number of aryl methyl sites for hydroxylation is 1. The summed E-state index contributed by atoms with van der Waals surface area (Å²) in [5.74, 6) is 0. The van der Waals surface area contributed by atoms with Crippen LogP contribution in [0.5, 0.6) is 6.01 Å². The molecule has 4 nitrogen and oxygen atoms in total. The van der Waals surface area contributed by atoms with Crippen molar-refractivity contribution in [1.82, 2.24) is 14.9 Å². The highest BCUT2D eigenvalue weighted by Gasteiger charge is 2.27. The first-order valence-corrected chi connectivity index (χ1v) is 8.57. The van der Waals surface area contributed by atoms with Gasteiger partial charge in [0.2, 0.25) is 0 Å². The lowest BCUT2D eigenvalue weighted by Crippen LogP contribution is -2.44. The minimum Gasteiger partial charge on any atom is -0.460 e. The maximum atomic E-state index is 5.94. The normalized spacial score (nSPS) is 22.3. The first-order valence-electron chi connectivity index (χ1n) is 8.57. The molecule has 2 fully saturated rings. The second kappa shape index (κ2) is 7.21. The smallest absolute Gasteiger partial charge is 0.316 e. The van der Waals surface area contributed by atoms with Crippen LogP contribution in [0, 0.1) is 0 Å². The summed E-state index contributed by atoms with van der Waals surface area (Å²) in [6.07, 6.45) is 14.3. The van der Waals surface area contributed by atoms with Gasteiger partial charge in [-0.3, -0.25) is 0 Å². The summed E-state index contributed by atoms with van der Waals surface area (Å²) in [6, 6.07) is 1.38. The molecule has 21 heavy (non-hydrogen) atoms. The third kappa shape index (κ3) is 3.94. The van der Waals surface area contributed by atoms with Crippen molar-refractivity contribution in [3.8, 4) is 6.01 Å². The molecule has 0 N–H and O–H groups in total. The molecule has 1 aromatic rings. The minimum atomic E-state index is 0.289. The zero-order valence-corrected chi connectivity index (χ0v) is 13.1. The molecule has 1 aromatic heterocycles. The van der Waals surface area contributed by atoms with Gasteiger partial charge in [0.25, 0.3) is 0 Å². The zero-order valence-electron chi connectivity index (χ0n) is 13.1.